The van der Waals surface area contributed by atoms with Crippen LogP contribution in [-0.2, 0) is 0 Å². The minimum Gasteiger partial charge on any atom is -0.389 e. The molecule has 0 saturated carbocycles. The molecule has 6 heteroatoms. The average molecular weight is 309 g/mol. The molecule has 2 rings (SSSR count). The van der Waals surface area contributed by atoms with Crippen molar-refractivity contribution in [1.82, 2.24) is 0 Å². The number of anilines is 1. The Bertz CT molecular complexity index is 691. The Hall–Kier alpha value is -1.98. The van der Waals surface area contributed by atoms with Crippen LogP contribution in [0.4, 0.5) is 10.1 Å². The summed E-state index contributed by atoms with van der Waals surface area (Å²) in [6.45, 7) is 0. The van der Waals surface area contributed by atoms with Crippen LogP contribution >= 0.6 is 23.8 Å². The molecule has 0 radical (unpaired) electrons. The molecule has 0 saturated heterocycles. The number of benzene rings is 2. The van der Waals surface area contributed by atoms with Crippen LogP contribution in [0.25, 0.3) is 0 Å². The normalized spacial score (nSPS) is 10.1. The minimum atomic E-state index is -0.488. The summed E-state index contributed by atoms with van der Waals surface area (Å²) < 4.78 is 13.1. The van der Waals surface area contributed by atoms with Gasteiger partial charge in [-0.1, -0.05) is 29.9 Å². The van der Waals surface area contributed by atoms with Crippen LogP contribution in [0.1, 0.15) is 15.9 Å². The molecule has 0 aliphatic heterocycles. The number of nitrogens with one attached hydrogen (secondary N) is 1. The van der Waals surface area contributed by atoms with Crippen LogP contribution in [0, 0.1) is 5.82 Å². The standard InChI is InChI=1S/C14H10ClFN2OS/c15-9-4-5-11(13(17)20)12(7-9)18-14(19)8-2-1-3-10(16)6-8/h1-7H,(H2,17,20)(H,18,19). The maximum Gasteiger partial charge on any atom is 0.255 e. The summed E-state index contributed by atoms with van der Waals surface area (Å²) in [5.41, 5.74) is 6.66. The fraction of sp³-hybridized carbons (Fsp3) is 0. The Morgan fingerprint density at radius 2 is 2.00 bits per heavy atom. The number of nitrogens with two attached hydrogens (primary N) is 1. The van der Waals surface area contributed by atoms with Gasteiger partial charge in [-0.2, -0.15) is 0 Å². The van der Waals surface area contributed by atoms with Gasteiger partial charge in [0.15, 0.2) is 0 Å². The fourth-order valence-corrected chi connectivity index (χ4v) is 2.01. The third kappa shape index (κ3) is 3.31. The predicted octanol–water partition coefficient (Wildman–Crippen LogP) is 3.37. The van der Waals surface area contributed by atoms with E-state index < -0.39 is 11.7 Å². The van der Waals surface area contributed by atoms with E-state index in [1.807, 2.05) is 0 Å². The quantitative estimate of drug-likeness (QED) is 0.855. The van der Waals surface area contributed by atoms with Crippen molar-refractivity contribution in [2.24, 2.45) is 5.73 Å². The Labute approximate surface area is 125 Å². The van der Waals surface area contributed by atoms with Gasteiger partial charge in [-0.15, -0.1) is 0 Å². The fourth-order valence-electron chi connectivity index (χ4n) is 1.66. The van der Waals surface area contributed by atoms with E-state index >= 15 is 0 Å². The molecule has 2 aromatic rings. The van der Waals surface area contributed by atoms with Crippen molar-refractivity contribution in [3.8, 4) is 0 Å². The second kappa shape index (κ2) is 5.98. The maximum absolute atomic E-state index is 13.1. The van der Waals surface area contributed by atoms with Crippen LogP contribution in [0.2, 0.25) is 5.02 Å². The molecular formula is C14H10ClFN2OS. The zero-order valence-electron chi connectivity index (χ0n) is 10.2. The Morgan fingerprint density at radius 1 is 1.25 bits per heavy atom. The Balaban J connectivity index is 2.32. The number of amides is 1. The van der Waals surface area contributed by atoms with Crippen LogP contribution in [-0.4, -0.2) is 10.9 Å². The first-order valence-corrected chi connectivity index (χ1v) is 6.42. The van der Waals surface area contributed by atoms with E-state index in [4.69, 9.17) is 29.6 Å². The smallest absolute Gasteiger partial charge is 0.255 e. The highest BCUT2D eigenvalue weighted by molar-refractivity contribution is 7.80. The number of rotatable bonds is 3. The van der Waals surface area contributed by atoms with Crippen LogP contribution < -0.4 is 11.1 Å². The summed E-state index contributed by atoms with van der Waals surface area (Å²) in [5, 5.41) is 3.05. The minimum absolute atomic E-state index is 0.135. The van der Waals surface area contributed by atoms with Gasteiger partial charge in [-0.25, -0.2) is 4.39 Å². The summed E-state index contributed by atoms with van der Waals surface area (Å²) in [4.78, 5) is 12.2. The van der Waals surface area contributed by atoms with Gasteiger partial charge in [-0.3, -0.25) is 4.79 Å². The lowest BCUT2D eigenvalue weighted by Gasteiger charge is -2.10. The van der Waals surface area contributed by atoms with Gasteiger partial charge >= 0.3 is 0 Å². The molecule has 0 aliphatic rings. The first-order chi connectivity index (χ1) is 9.47. The number of carbonyl (C=O) groups is 1. The van der Waals surface area contributed by atoms with Gasteiger partial charge in [0.25, 0.3) is 5.91 Å². The lowest BCUT2D eigenvalue weighted by atomic mass is 10.1. The third-order valence-electron chi connectivity index (χ3n) is 2.58. The highest BCUT2D eigenvalue weighted by atomic mass is 35.5. The molecule has 0 heterocycles. The van der Waals surface area contributed by atoms with Gasteiger partial charge < -0.3 is 11.1 Å². The van der Waals surface area contributed by atoms with Crippen molar-refractivity contribution in [3.63, 3.8) is 0 Å². The van der Waals surface area contributed by atoms with E-state index in [1.54, 1.807) is 12.1 Å². The molecular weight excluding hydrogens is 299 g/mol. The van der Waals surface area contributed by atoms with Crippen LogP contribution in [0.5, 0.6) is 0 Å². The first-order valence-electron chi connectivity index (χ1n) is 5.63. The second-order valence-electron chi connectivity index (χ2n) is 4.02. The SMILES string of the molecule is NC(=S)c1ccc(Cl)cc1NC(=O)c1cccc(F)c1. The van der Waals surface area contributed by atoms with Gasteiger partial charge in [-0.05, 0) is 36.4 Å². The molecule has 0 aliphatic carbocycles. The van der Waals surface area contributed by atoms with E-state index in [0.717, 1.165) is 6.07 Å². The molecule has 102 valence electrons. The molecule has 0 fully saturated rings. The second-order valence-corrected chi connectivity index (χ2v) is 4.89. The zero-order chi connectivity index (χ0) is 14.7. The summed E-state index contributed by atoms with van der Waals surface area (Å²) in [6.07, 6.45) is 0. The largest absolute Gasteiger partial charge is 0.389 e. The maximum atomic E-state index is 13.1. The van der Waals surface area contributed by atoms with Gasteiger partial charge in [0, 0.05) is 16.1 Å². The molecule has 2 aromatic carbocycles. The van der Waals surface area contributed by atoms with Gasteiger partial charge in [0.2, 0.25) is 0 Å². The number of carbonyl (C=O) groups excluding carboxylic acids is 1. The molecule has 0 aromatic heterocycles. The molecule has 0 spiro atoms. The van der Waals surface area contributed by atoms with Gasteiger partial charge in [0.1, 0.15) is 10.8 Å². The molecule has 0 unspecified atom stereocenters. The van der Waals surface area contributed by atoms with Gasteiger partial charge in [0.05, 0.1) is 5.69 Å². The van der Waals surface area contributed by atoms with Crippen molar-refractivity contribution in [2.45, 2.75) is 0 Å². The molecule has 3 nitrogen and oxygen atoms in total. The van der Waals surface area contributed by atoms with E-state index in [9.17, 15) is 9.18 Å². The summed E-state index contributed by atoms with van der Waals surface area (Å²) in [6, 6.07) is 10.1. The topological polar surface area (TPSA) is 55.1 Å². The van der Waals surface area contributed by atoms with Crippen molar-refractivity contribution >= 4 is 40.4 Å². The Kier molecular flexibility index (Phi) is 4.32. The third-order valence-corrected chi connectivity index (χ3v) is 3.04. The Morgan fingerprint density at radius 3 is 2.65 bits per heavy atom. The molecule has 0 atom stereocenters. The first kappa shape index (κ1) is 14.4. The number of thiocarbonyl (C=S) groups is 1. The average Bonchev–Trinajstić information content (AvgIpc) is 2.38. The van der Waals surface area contributed by atoms with Crippen LogP contribution in [0.15, 0.2) is 42.5 Å². The summed E-state index contributed by atoms with van der Waals surface area (Å²) in [7, 11) is 0. The predicted molar refractivity (Wildman–Crippen MR) is 81.7 cm³/mol. The highest BCUT2D eigenvalue weighted by Crippen LogP contribution is 2.22. The lowest BCUT2D eigenvalue weighted by molar-refractivity contribution is 0.102. The van der Waals surface area contributed by atoms with Crippen molar-refractivity contribution in [3.05, 3.63) is 64.4 Å². The van der Waals surface area contributed by atoms with Crippen molar-refractivity contribution in [2.75, 3.05) is 5.32 Å². The molecule has 20 heavy (non-hydrogen) atoms. The zero-order valence-corrected chi connectivity index (χ0v) is 11.8. The summed E-state index contributed by atoms with van der Waals surface area (Å²) in [5.74, 6) is -0.956. The molecule has 3 N–H and O–H groups in total. The van der Waals surface area contributed by atoms with Crippen molar-refractivity contribution in [1.29, 1.82) is 0 Å². The number of hydrogen-bond acceptors (Lipinski definition) is 2. The molecule has 1 amide bonds. The van der Waals surface area contributed by atoms with E-state index in [1.165, 1.54) is 24.3 Å². The van der Waals surface area contributed by atoms with E-state index in [-0.39, 0.29) is 10.6 Å². The number of hydrogen-bond donors (Lipinski definition) is 2. The number of halogens is 2. The molecule has 0 bridgehead atoms. The van der Waals surface area contributed by atoms with E-state index in [2.05, 4.69) is 5.32 Å². The lowest BCUT2D eigenvalue weighted by Crippen LogP contribution is -2.17. The monoisotopic (exact) mass is 308 g/mol. The van der Waals surface area contributed by atoms with Crippen LogP contribution in [0.3, 0.4) is 0 Å². The highest BCUT2D eigenvalue weighted by Gasteiger charge is 2.11. The van der Waals surface area contributed by atoms with Crippen molar-refractivity contribution < 1.29 is 9.18 Å². The van der Waals surface area contributed by atoms with E-state index in [0.29, 0.717) is 16.3 Å². The summed E-state index contributed by atoms with van der Waals surface area (Å²) >= 11 is 10.8.